The van der Waals surface area contributed by atoms with Crippen molar-refractivity contribution < 1.29 is 29.0 Å². The van der Waals surface area contributed by atoms with Crippen molar-refractivity contribution >= 4 is 35.3 Å². The number of hydrogen-bond acceptors (Lipinski definition) is 6. The number of alkyl carbamates (subject to hydrolysis) is 1. The molecule has 3 amide bonds. The summed E-state index contributed by atoms with van der Waals surface area (Å²) < 4.78 is 5.07. The maximum absolute atomic E-state index is 12.6. The van der Waals surface area contributed by atoms with Crippen LogP contribution in [0.3, 0.4) is 0 Å². The Morgan fingerprint density at radius 2 is 1.85 bits per heavy atom. The Morgan fingerprint density at radius 3 is 2.48 bits per heavy atom. The monoisotopic (exact) mass is 452 g/mol. The fourth-order valence-electron chi connectivity index (χ4n) is 3.25. The number of ether oxygens (including phenoxy) is 1. The van der Waals surface area contributed by atoms with Gasteiger partial charge in [0.1, 0.15) is 12.6 Å². The van der Waals surface area contributed by atoms with Crippen molar-refractivity contribution in [3.05, 3.63) is 65.7 Å². The number of hydrogen-bond donors (Lipinski definition) is 4. The number of carboxylic acid groups (broad SMARTS) is 1. The molecule has 1 aliphatic rings. The van der Waals surface area contributed by atoms with Crippen LogP contribution in [-0.2, 0) is 25.7 Å². The van der Waals surface area contributed by atoms with E-state index in [2.05, 4.69) is 21.2 Å². The highest BCUT2D eigenvalue weighted by molar-refractivity contribution is 6.06. The molecule has 0 spiro atoms. The van der Waals surface area contributed by atoms with Crippen molar-refractivity contribution in [3.63, 3.8) is 0 Å². The van der Waals surface area contributed by atoms with E-state index in [0.717, 1.165) is 16.8 Å². The van der Waals surface area contributed by atoms with Gasteiger partial charge in [0.15, 0.2) is 0 Å². The summed E-state index contributed by atoms with van der Waals surface area (Å²) in [6, 6.07) is 14.3. The van der Waals surface area contributed by atoms with Gasteiger partial charge in [0.2, 0.25) is 11.8 Å². The van der Waals surface area contributed by atoms with E-state index in [1.165, 1.54) is 0 Å². The first kappa shape index (κ1) is 23.5. The zero-order valence-electron chi connectivity index (χ0n) is 17.9. The summed E-state index contributed by atoms with van der Waals surface area (Å²) in [6.07, 6.45) is -1.18. The molecule has 1 heterocycles. The maximum Gasteiger partial charge on any atom is 0.408 e. The lowest BCUT2D eigenvalue weighted by Gasteiger charge is -2.20. The standard InChI is InChI=1S/C23H24N4O6/c1-14-11-19(28)26-27-21(14)16-7-9-17(10-8-16)24-22(31)18(12-20(29)30)25-23(32)33-13-15-5-3-2-4-6-15/h2-10,14,18H,11-13H2,1H3,(H,24,31)(H,25,32)(H,26,28)(H,29,30)/t14?,18-/m0/s1. The van der Waals surface area contributed by atoms with Gasteiger partial charge in [-0.15, -0.1) is 0 Å². The second-order valence-electron chi connectivity index (χ2n) is 7.56. The molecule has 2 aromatic carbocycles. The minimum Gasteiger partial charge on any atom is -0.481 e. The fourth-order valence-corrected chi connectivity index (χ4v) is 3.25. The van der Waals surface area contributed by atoms with Crippen molar-refractivity contribution in [2.75, 3.05) is 5.32 Å². The number of hydrazone groups is 1. The van der Waals surface area contributed by atoms with Crippen molar-refractivity contribution in [1.29, 1.82) is 0 Å². The molecule has 3 rings (SSSR count). The molecule has 1 aliphatic heterocycles. The van der Waals surface area contributed by atoms with E-state index in [4.69, 9.17) is 9.84 Å². The summed E-state index contributed by atoms with van der Waals surface area (Å²) in [5, 5.41) is 18.1. The molecule has 0 fully saturated rings. The van der Waals surface area contributed by atoms with Crippen LogP contribution >= 0.6 is 0 Å². The van der Waals surface area contributed by atoms with Gasteiger partial charge < -0.3 is 20.5 Å². The number of benzene rings is 2. The topological polar surface area (TPSA) is 146 Å². The third kappa shape index (κ3) is 6.89. The molecule has 4 N–H and O–H groups in total. The molecule has 2 atom stereocenters. The smallest absolute Gasteiger partial charge is 0.408 e. The molecule has 0 saturated carbocycles. The highest BCUT2D eigenvalue weighted by atomic mass is 16.5. The van der Waals surface area contributed by atoms with Gasteiger partial charge in [0.05, 0.1) is 12.1 Å². The van der Waals surface area contributed by atoms with Crippen molar-refractivity contribution in [3.8, 4) is 0 Å². The van der Waals surface area contributed by atoms with Gasteiger partial charge in [-0.2, -0.15) is 5.10 Å². The Bertz CT molecular complexity index is 1050. The van der Waals surface area contributed by atoms with Gasteiger partial charge in [-0.1, -0.05) is 49.4 Å². The fraction of sp³-hybridized carbons (Fsp3) is 0.261. The molecule has 2 aromatic rings. The van der Waals surface area contributed by atoms with Gasteiger partial charge in [0, 0.05) is 18.0 Å². The molecule has 10 heteroatoms. The Kier molecular flexibility index (Phi) is 7.74. The Balaban J connectivity index is 1.60. The minimum atomic E-state index is -1.33. The van der Waals surface area contributed by atoms with E-state index >= 15 is 0 Å². The number of carbonyl (C=O) groups is 4. The number of nitrogens with zero attached hydrogens (tertiary/aromatic N) is 1. The summed E-state index contributed by atoms with van der Waals surface area (Å²) in [6.45, 7) is 1.88. The highest BCUT2D eigenvalue weighted by Gasteiger charge is 2.25. The first-order chi connectivity index (χ1) is 15.8. The summed E-state index contributed by atoms with van der Waals surface area (Å²) in [5.74, 6) is -2.14. The van der Waals surface area contributed by atoms with Crippen LogP contribution in [0.4, 0.5) is 10.5 Å². The Hall–Kier alpha value is -4.21. The lowest BCUT2D eigenvalue weighted by atomic mass is 9.94. The van der Waals surface area contributed by atoms with Gasteiger partial charge >= 0.3 is 12.1 Å². The number of rotatable bonds is 8. The van der Waals surface area contributed by atoms with Crippen molar-refractivity contribution in [2.24, 2.45) is 11.0 Å². The van der Waals surface area contributed by atoms with Crippen LogP contribution in [0.1, 0.15) is 30.9 Å². The van der Waals surface area contributed by atoms with Crippen LogP contribution < -0.4 is 16.1 Å². The largest absolute Gasteiger partial charge is 0.481 e. The Morgan fingerprint density at radius 1 is 1.15 bits per heavy atom. The number of nitrogens with one attached hydrogen (secondary N) is 3. The molecular weight excluding hydrogens is 428 g/mol. The van der Waals surface area contributed by atoms with E-state index in [-0.39, 0.29) is 18.4 Å². The minimum absolute atomic E-state index is 0.0156. The van der Waals surface area contributed by atoms with Crippen LogP contribution in [0, 0.1) is 5.92 Å². The number of carbonyl (C=O) groups excluding carboxylic acids is 3. The molecule has 0 bridgehead atoms. The van der Waals surface area contributed by atoms with Crippen molar-refractivity contribution in [2.45, 2.75) is 32.4 Å². The molecule has 10 nitrogen and oxygen atoms in total. The average Bonchev–Trinajstić information content (AvgIpc) is 2.78. The third-order valence-corrected chi connectivity index (χ3v) is 4.91. The highest BCUT2D eigenvalue weighted by Crippen LogP contribution is 2.18. The lowest BCUT2D eigenvalue weighted by molar-refractivity contribution is -0.139. The zero-order valence-corrected chi connectivity index (χ0v) is 17.9. The number of anilines is 1. The second kappa shape index (κ2) is 10.9. The van der Waals surface area contributed by atoms with Gasteiger partial charge in [-0.05, 0) is 23.3 Å². The summed E-state index contributed by atoms with van der Waals surface area (Å²) in [7, 11) is 0. The normalized spacial score (nSPS) is 16.1. The van der Waals surface area contributed by atoms with Crippen LogP contribution in [0.25, 0.3) is 0 Å². The van der Waals surface area contributed by atoms with E-state index in [9.17, 15) is 19.2 Å². The zero-order chi connectivity index (χ0) is 23.8. The second-order valence-corrected chi connectivity index (χ2v) is 7.56. The third-order valence-electron chi connectivity index (χ3n) is 4.91. The Labute approximate surface area is 190 Å². The maximum atomic E-state index is 12.6. The van der Waals surface area contributed by atoms with Crippen LogP contribution in [0.15, 0.2) is 59.7 Å². The first-order valence-corrected chi connectivity index (χ1v) is 10.3. The predicted molar refractivity (Wildman–Crippen MR) is 119 cm³/mol. The van der Waals surface area contributed by atoms with Gasteiger partial charge in [0.25, 0.3) is 0 Å². The van der Waals surface area contributed by atoms with Crippen LogP contribution in [0.5, 0.6) is 0 Å². The van der Waals surface area contributed by atoms with Crippen LogP contribution in [-0.4, -0.2) is 40.7 Å². The summed E-state index contributed by atoms with van der Waals surface area (Å²) in [5.41, 5.74) is 5.12. The lowest BCUT2D eigenvalue weighted by Crippen LogP contribution is -2.45. The SMILES string of the molecule is CC1CC(=O)NN=C1c1ccc(NC(=O)[C@H](CC(=O)O)NC(=O)OCc2ccccc2)cc1. The number of amides is 3. The van der Waals surface area contributed by atoms with Crippen molar-refractivity contribution in [1.82, 2.24) is 10.7 Å². The van der Waals surface area contributed by atoms with E-state index < -0.39 is 30.4 Å². The predicted octanol–water partition coefficient (Wildman–Crippen LogP) is 2.25. The molecule has 0 radical (unpaired) electrons. The number of carboxylic acids is 1. The quantitative estimate of drug-likeness (QED) is 0.483. The molecule has 0 saturated heterocycles. The molecule has 1 unspecified atom stereocenters. The van der Waals surface area contributed by atoms with Crippen LogP contribution in [0.2, 0.25) is 0 Å². The van der Waals surface area contributed by atoms with E-state index in [0.29, 0.717) is 12.1 Å². The summed E-state index contributed by atoms with van der Waals surface area (Å²) in [4.78, 5) is 47.3. The van der Waals surface area contributed by atoms with E-state index in [1.54, 1.807) is 48.5 Å². The first-order valence-electron chi connectivity index (χ1n) is 10.3. The molecule has 0 aliphatic carbocycles. The van der Waals surface area contributed by atoms with E-state index in [1.807, 2.05) is 13.0 Å². The van der Waals surface area contributed by atoms with Gasteiger partial charge in [-0.25, -0.2) is 10.2 Å². The molecule has 0 aromatic heterocycles. The van der Waals surface area contributed by atoms with Gasteiger partial charge in [-0.3, -0.25) is 14.4 Å². The average molecular weight is 452 g/mol. The summed E-state index contributed by atoms with van der Waals surface area (Å²) >= 11 is 0. The molecular formula is C23H24N4O6. The molecule has 33 heavy (non-hydrogen) atoms. The number of aliphatic carboxylic acids is 1. The molecule has 172 valence electrons.